The molecule has 1 aromatic carbocycles. The molecule has 0 aliphatic carbocycles. The molecular weight excluding hydrogens is 390 g/mol. The Labute approximate surface area is 176 Å². The van der Waals surface area contributed by atoms with E-state index in [1.807, 2.05) is 18.2 Å². The molecule has 0 saturated heterocycles. The summed E-state index contributed by atoms with van der Waals surface area (Å²) in [6.07, 6.45) is 1.77. The summed E-state index contributed by atoms with van der Waals surface area (Å²) in [4.78, 5) is 4.71. The smallest absolute Gasteiger partial charge is 0.196 e. The lowest BCUT2D eigenvalue weighted by molar-refractivity contribution is 0.0699. The summed E-state index contributed by atoms with van der Waals surface area (Å²) >= 11 is 1.68. The van der Waals surface area contributed by atoms with Crippen molar-refractivity contribution >= 4 is 23.0 Å². The number of rotatable bonds is 10. The van der Waals surface area contributed by atoms with E-state index in [4.69, 9.17) is 23.9 Å². The van der Waals surface area contributed by atoms with E-state index in [2.05, 4.69) is 27.5 Å². The predicted molar refractivity (Wildman–Crippen MR) is 116 cm³/mol. The number of ether oxygens (including phenoxy) is 4. The minimum Gasteiger partial charge on any atom is -0.490 e. The molecule has 8 heteroatoms. The molecule has 1 aliphatic rings. The quantitative estimate of drug-likeness (QED) is 0.349. The summed E-state index contributed by atoms with van der Waals surface area (Å²) in [6.45, 7) is 4.63. The van der Waals surface area contributed by atoms with E-state index < -0.39 is 0 Å². The van der Waals surface area contributed by atoms with Crippen LogP contribution in [0.2, 0.25) is 0 Å². The van der Waals surface area contributed by atoms with Crippen molar-refractivity contribution in [3.05, 3.63) is 40.6 Å². The normalized spacial score (nSPS) is 13.8. The first-order valence-corrected chi connectivity index (χ1v) is 10.8. The summed E-state index contributed by atoms with van der Waals surface area (Å²) in [6, 6.07) is 7.95. The third kappa shape index (κ3) is 7.56. The third-order valence-electron chi connectivity index (χ3n) is 4.20. The van der Waals surface area contributed by atoms with Crippen molar-refractivity contribution in [2.75, 3.05) is 52.0 Å². The Bertz CT molecular complexity index is 752. The number of nitrogens with zero attached hydrogens (tertiary/aromatic N) is 1. The second kappa shape index (κ2) is 12.3. The number of fused-ring (bicyclic) bond motifs is 1. The van der Waals surface area contributed by atoms with Crippen molar-refractivity contribution in [2.24, 2.45) is 4.99 Å². The zero-order valence-corrected chi connectivity index (χ0v) is 17.6. The fraction of sp³-hybridized carbons (Fsp3) is 0.476. The third-order valence-corrected chi connectivity index (χ3v) is 4.93. The van der Waals surface area contributed by atoms with Crippen LogP contribution in [-0.2, 0) is 16.0 Å². The van der Waals surface area contributed by atoms with E-state index in [1.54, 1.807) is 18.4 Å². The first-order valence-electron chi connectivity index (χ1n) is 9.88. The lowest BCUT2D eigenvalue weighted by Gasteiger charge is -2.14. The Balaban J connectivity index is 1.57. The van der Waals surface area contributed by atoms with Gasteiger partial charge in [-0.05, 0) is 40.9 Å². The van der Waals surface area contributed by atoms with Gasteiger partial charge >= 0.3 is 0 Å². The number of benzene rings is 1. The van der Waals surface area contributed by atoms with Crippen LogP contribution >= 0.6 is 11.3 Å². The second-order valence-corrected chi connectivity index (χ2v) is 7.30. The van der Waals surface area contributed by atoms with Gasteiger partial charge < -0.3 is 29.6 Å². The average molecular weight is 420 g/mol. The summed E-state index contributed by atoms with van der Waals surface area (Å²) in [5.41, 5.74) is 2.10. The van der Waals surface area contributed by atoms with Crippen LogP contribution in [0.1, 0.15) is 18.4 Å². The highest BCUT2D eigenvalue weighted by Gasteiger charge is 2.11. The van der Waals surface area contributed by atoms with Crippen molar-refractivity contribution in [1.29, 1.82) is 0 Å². The van der Waals surface area contributed by atoms with Gasteiger partial charge in [0.05, 0.1) is 33.0 Å². The van der Waals surface area contributed by atoms with Gasteiger partial charge in [0.25, 0.3) is 0 Å². The SMILES string of the molecule is COCCOCCCNC(=NCc1ccsc1)Nc1ccc2c(c1)OCCCO2. The van der Waals surface area contributed by atoms with Crippen LogP contribution in [0.3, 0.4) is 0 Å². The van der Waals surface area contributed by atoms with E-state index in [1.165, 1.54) is 5.56 Å². The lowest BCUT2D eigenvalue weighted by atomic mass is 10.2. The van der Waals surface area contributed by atoms with Crippen LogP contribution in [0.25, 0.3) is 0 Å². The number of thiophene rings is 1. The van der Waals surface area contributed by atoms with E-state index in [9.17, 15) is 0 Å². The lowest BCUT2D eigenvalue weighted by Crippen LogP contribution is -2.32. The number of hydrogen-bond donors (Lipinski definition) is 2. The van der Waals surface area contributed by atoms with Gasteiger partial charge in [-0.25, -0.2) is 4.99 Å². The molecule has 3 rings (SSSR count). The molecule has 0 atom stereocenters. The molecule has 0 bridgehead atoms. The fourth-order valence-corrected chi connectivity index (χ4v) is 3.36. The Kier molecular flexibility index (Phi) is 9.09. The van der Waals surface area contributed by atoms with E-state index in [-0.39, 0.29) is 0 Å². The number of aliphatic imine (C=N–C) groups is 1. The van der Waals surface area contributed by atoms with Crippen molar-refractivity contribution in [3.63, 3.8) is 0 Å². The van der Waals surface area contributed by atoms with Crippen LogP contribution in [0.4, 0.5) is 5.69 Å². The maximum absolute atomic E-state index is 5.78. The van der Waals surface area contributed by atoms with Gasteiger partial charge in [0.1, 0.15) is 0 Å². The Hall–Kier alpha value is -2.29. The molecule has 2 N–H and O–H groups in total. The molecule has 0 fully saturated rings. The van der Waals surface area contributed by atoms with Gasteiger partial charge in [-0.1, -0.05) is 0 Å². The molecule has 1 aliphatic heterocycles. The Morgan fingerprint density at radius 2 is 2.03 bits per heavy atom. The van der Waals surface area contributed by atoms with Gasteiger partial charge in [0.2, 0.25) is 0 Å². The summed E-state index contributed by atoms with van der Waals surface area (Å²) in [7, 11) is 1.67. The summed E-state index contributed by atoms with van der Waals surface area (Å²) < 4.78 is 22.0. The molecule has 0 amide bonds. The first kappa shape index (κ1) is 21.4. The van der Waals surface area contributed by atoms with E-state index in [0.717, 1.165) is 42.5 Å². The fourth-order valence-electron chi connectivity index (χ4n) is 2.70. The number of nitrogens with one attached hydrogen (secondary N) is 2. The first-order chi connectivity index (χ1) is 14.3. The molecule has 0 spiro atoms. The van der Waals surface area contributed by atoms with E-state index in [0.29, 0.717) is 39.6 Å². The van der Waals surface area contributed by atoms with Crippen LogP contribution in [-0.4, -0.2) is 52.6 Å². The molecular formula is C21H29N3O4S. The average Bonchev–Trinajstić information content (AvgIpc) is 3.15. The maximum Gasteiger partial charge on any atom is 0.196 e. The van der Waals surface area contributed by atoms with Gasteiger partial charge in [-0.2, -0.15) is 11.3 Å². The maximum atomic E-state index is 5.78. The molecule has 0 unspecified atom stereocenters. The van der Waals surface area contributed by atoms with Crippen molar-refractivity contribution in [1.82, 2.24) is 5.32 Å². The zero-order valence-electron chi connectivity index (χ0n) is 16.8. The largest absolute Gasteiger partial charge is 0.490 e. The van der Waals surface area contributed by atoms with Gasteiger partial charge in [0.15, 0.2) is 17.5 Å². The van der Waals surface area contributed by atoms with Crippen LogP contribution in [0, 0.1) is 0 Å². The van der Waals surface area contributed by atoms with Crippen LogP contribution in [0.15, 0.2) is 40.0 Å². The minimum atomic E-state index is 0.616. The standard InChI is InChI=1S/C21H29N3O4S/c1-25-11-12-26-8-2-7-22-21(23-15-17-6-13-29-16-17)24-18-4-5-19-20(14-18)28-10-3-9-27-19/h4-6,13-14,16H,2-3,7-12,15H2,1H3,(H2,22,23,24). The Morgan fingerprint density at radius 1 is 1.14 bits per heavy atom. The van der Waals surface area contributed by atoms with E-state index >= 15 is 0 Å². The van der Waals surface area contributed by atoms with Crippen molar-refractivity contribution < 1.29 is 18.9 Å². The molecule has 158 valence electrons. The van der Waals surface area contributed by atoms with Gasteiger partial charge in [-0.3, -0.25) is 0 Å². The molecule has 29 heavy (non-hydrogen) atoms. The second-order valence-electron chi connectivity index (χ2n) is 6.52. The highest BCUT2D eigenvalue weighted by atomic mass is 32.1. The van der Waals surface area contributed by atoms with Gasteiger partial charge in [-0.15, -0.1) is 0 Å². The molecule has 7 nitrogen and oxygen atoms in total. The molecule has 0 saturated carbocycles. The molecule has 2 heterocycles. The number of guanidine groups is 1. The highest BCUT2D eigenvalue weighted by Crippen LogP contribution is 2.32. The van der Waals surface area contributed by atoms with Crippen LogP contribution in [0.5, 0.6) is 11.5 Å². The topological polar surface area (TPSA) is 73.3 Å². The monoisotopic (exact) mass is 419 g/mol. The van der Waals surface area contributed by atoms with Gasteiger partial charge in [0, 0.05) is 38.4 Å². The molecule has 0 radical (unpaired) electrons. The Morgan fingerprint density at radius 3 is 2.86 bits per heavy atom. The summed E-state index contributed by atoms with van der Waals surface area (Å²) in [5, 5.41) is 10.9. The predicted octanol–water partition coefficient (Wildman–Crippen LogP) is 3.52. The summed E-state index contributed by atoms with van der Waals surface area (Å²) in [5.74, 6) is 2.27. The minimum absolute atomic E-state index is 0.616. The molecule has 1 aromatic heterocycles. The van der Waals surface area contributed by atoms with Crippen molar-refractivity contribution in [2.45, 2.75) is 19.4 Å². The van der Waals surface area contributed by atoms with Crippen LogP contribution < -0.4 is 20.1 Å². The van der Waals surface area contributed by atoms with Crippen molar-refractivity contribution in [3.8, 4) is 11.5 Å². The number of anilines is 1. The highest BCUT2D eigenvalue weighted by molar-refractivity contribution is 7.07. The molecule has 2 aromatic rings. The number of methoxy groups -OCH3 is 1. The zero-order chi connectivity index (χ0) is 20.2. The number of hydrogen-bond acceptors (Lipinski definition) is 6.